The van der Waals surface area contributed by atoms with Gasteiger partial charge in [-0.05, 0) is 44.9 Å². The Morgan fingerprint density at radius 1 is 1.53 bits per heavy atom. The Hall–Kier alpha value is -1.62. The van der Waals surface area contributed by atoms with Crippen LogP contribution in [0.1, 0.15) is 30.2 Å². The van der Waals surface area contributed by atoms with Gasteiger partial charge in [-0.3, -0.25) is 14.7 Å². The number of carbonyl (C=O) groups excluding carboxylic acids is 1. The zero-order valence-electron chi connectivity index (χ0n) is 11.9. The molecule has 104 valence electrons. The van der Waals surface area contributed by atoms with Crippen LogP contribution in [0.15, 0.2) is 6.20 Å². The zero-order valence-corrected chi connectivity index (χ0v) is 11.9. The van der Waals surface area contributed by atoms with Crippen LogP contribution in [0, 0.1) is 19.3 Å². The molecule has 0 radical (unpaired) electrons. The molecule has 0 bridgehead atoms. The number of primary amides is 1. The Bertz CT molecular complexity index is 514. The number of carbonyl (C=O) groups is 1. The molecule has 1 atom stereocenters. The van der Waals surface area contributed by atoms with Crippen LogP contribution in [0.4, 0.5) is 5.69 Å². The number of rotatable bonds is 3. The summed E-state index contributed by atoms with van der Waals surface area (Å²) < 4.78 is 0. The highest BCUT2D eigenvalue weighted by molar-refractivity contribution is 5.81. The number of amides is 1. The fraction of sp³-hybridized carbons (Fsp3) is 0.571. The summed E-state index contributed by atoms with van der Waals surface area (Å²) in [5.74, 6) is -0.219. The molecule has 1 aromatic rings. The van der Waals surface area contributed by atoms with Crippen LogP contribution >= 0.6 is 0 Å². The van der Waals surface area contributed by atoms with Gasteiger partial charge in [0.2, 0.25) is 5.91 Å². The Labute approximate surface area is 114 Å². The standard InChI is InChI=1S/C14H22N4O/c1-9-6-17-11(10(2)12(9)15)7-18-5-4-14(3,8-18)13(16)19/h6H,4-5,7-8H2,1-3H3,(H2,15,17)(H2,16,19). The number of hydrogen-bond acceptors (Lipinski definition) is 4. The molecule has 0 saturated carbocycles. The summed E-state index contributed by atoms with van der Waals surface area (Å²) in [6.07, 6.45) is 2.61. The minimum Gasteiger partial charge on any atom is -0.398 e. The van der Waals surface area contributed by atoms with Crippen molar-refractivity contribution in [2.75, 3.05) is 18.8 Å². The van der Waals surface area contributed by atoms with E-state index in [1.54, 1.807) is 6.20 Å². The largest absolute Gasteiger partial charge is 0.398 e. The van der Waals surface area contributed by atoms with Gasteiger partial charge in [0.25, 0.3) is 0 Å². The second kappa shape index (κ2) is 4.81. The SMILES string of the molecule is Cc1cnc(CN2CCC(C)(C(N)=O)C2)c(C)c1N. The fourth-order valence-corrected chi connectivity index (χ4v) is 2.56. The van der Waals surface area contributed by atoms with Crippen molar-refractivity contribution in [2.45, 2.75) is 33.7 Å². The molecule has 5 heteroatoms. The van der Waals surface area contributed by atoms with Crippen molar-refractivity contribution < 1.29 is 4.79 Å². The van der Waals surface area contributed by atoms with Crippen molar-refractivity contribution in [3.63, 3.8) is 0 Å². The van der Waals surface area contributed by atoms with E-state index >= 15 is 0 Å². The monoisotopic (exact) mass is 262 g/mol. The minimum absolute atomic E-state index is 0.219. The van der Waals surface area contributed by atoms with E-state index in [1.807, 2.05) is 20.8 Å². The molecule has 1 amide bonds. The lowest BCUT2D eigenvalue weighted by molar-refractivity contribution is -0.126. The number of nitrogens with two attached hydrogens (primary N) is 2. The van der Waals surface area contributed by atoms with Crippen LogP contribution in [0.5, 0.6) is 0 Å². The first-order chi connectivity index (χ1) is 8.83. The molecule has 1 aromatic heterocycles. The van der Waals surface area contributed by atoms with Gasteiger partial charge in [0.15, 0.2) is 0 Å². The molecule has 19 heavy (non-hydrogen) atoms. The van der Waals surface area contributed by atoms with E-state index < -0.39 is 5.41 Å². The molecular weight excluding hydrogens is 240 g/mol. The maximum absolute atomic E-state index is 11.4. The predicted octanol–water partition coefficient (Wildman–Crippen LogP) is 0.978. The van der Waals surface area contributed by atoms with Crippen molar-refractivity contribution in [3.8, 4) is 0 Å². The van der Waals surface area contributed by atoms with Crippen molar-refractivity contribution in [1.82, 2.24) is 9.88 Å². The van der Waals surface area contributed by atoms with Gasteiger partial charge in [0.05, 0.1) is 11.1 Å². The zero-order chi connectivity index (χ0) is 14.2. The molecule has 0 aliphatic carbocycles. The van der Waals surface area contributed by atoms with Gasteiger partial charge in [-0.1, -0.05) is 0 Å². The van der Waals surface area contributed by atoms with E-state index in [9.17, 15) is 4.79 Å². The van der Waals surface area contributed by atoms with Gasteiger partial charge in [-0.2, -0.15) is 0 Å². The average Bonchev–Trinajstić information content (AvgIpc) is 2.73. The Balaban J connectivity index is 2.12. The maximum atomic E-state index is 11.4. The first-order valence-electron chi connectivity index (χ1n) is 6.56. The summed E-state index contributed by atoms with van der Waals surface area (Å²) in [5, 5.41) is 0. The molecule has 2 heterocycles. The fourth-order valence-electron chi connectivity index (χ4n) is 2.56. The van der Waals surface area contributed by atoms with E-state index in [0.717, 1.165) is 42.0 Å². The Morgan fingerprint density at radius 3 is 2.79 bits per heavy atom. The van der Waals surface area contributed by atoms with Crippen molar-refractivity contribution >= 4 is 11.6 Å². The third-order valence-electron chi connectivity index (χ3n) is 4.20. The van der Waals surface area contributed by atoms with Gasteiger partial charge in [0, 0.05) is 25.0 Å². The molecule has 1 aliphatic rings. The lowest BCUT2D eigenvalue weighted by atomic mass is 9.89. The number of aromatic nitrogens is 1. The van der Waals surface area contributed by atoms with Gasteiger partial charge < -0.3 is 11.5 Å². The number of likely N-dealkylation sites (tertiary alicyclic amines) is 1. The number of aryl methyl sites for hydroxylation is 1. The summed E-state index contributed by atoms with van der Waals surface area (Å²) in [6, 6.07) is 0. The predicted molar refractivity (Wildman–Crippen MR) is 75.3 cm³/mol. The molecule has 0 aromatic carbocycles. The average molecular weight is 262 g/mol. The lowest BCUT2D eigenvalue weighted by Gasteiger charge is -2.21. The molecule has 5 nitrogen and oxygen atoms in total. The van der Waals surface area contributed by atoms with Crippen LogP contribution in [0.3, 0.4) is 0 Å². The van der Waals surface area contributed by atoms with Crippen LogP contribution in [0.2, 0.25) is 0 Å². The quantitative estimate of drug-likeness (QED) is 0.850. The van der Waals surface area contributed by atoms with Crippen molar-refractivity contribution in [2.24, 2.45) is 11.1 Å². The van der Waals surface area contributed by atoms with Crippen LogP contribution < -0.4 is 11.5 Å². The molecule has 1 aliphatic heterocycles. The summed E-state index contributed by atoms with van der Waals surface area (Å²) in [6.45, 7) is 8.16. The first-order valence-corrected chi connectivity index (χ1v) is 6.56. The highest BCUT2D eigenvalue weighted by Crippen LogP contribution is 2.31. The number of pyridine rings is 1. The van der Waals surface area contributed by atoms with Gasteiger partial charge in [-0.25, -0.2) is 0 Å². The third kappa shape index (κ3) is 2.56. The summed E-state index contributed by atoms with van der Waals surface area (Å²) in [5.41, 5.74) is 14.9. The van der Waals surface area contributed by atoms with Crippen LogP contribution in [0.25, 0.3) is 0 Å². The van der Waals surface area contributed by atoms with Gasteiger partial charge in [-0.15, -0.1) is 0 Å². The molecule has 1 unspecified atom stereocenters. The lowest BCUT2D eigenvalue weighted by Crippen LogP contribution is -2.37. The number of anilines is 1. The van der Waals surface area contributed by atoms with Crippen molar-refractivity contribution in [1.29, 1.82) is 0 Å². The molecule has 1 fully saturated rings. The van der Waals surface area contributed by atoms with Crippen LogP contribution in [-0.4, -0.2) is 28.9 Å². The summed E-state index contributed by atoms with van der Waals surface area (Å²) in [7, 11) is 0. The van der Waals surface area contributed by atoms with Gasteiger partial charge >= 0.3 is 0 Å². The van der Waals surface area contributed by atoms with Gasteiger partial charge in [0.1, 0.15) is 0 Å². The molecule has 4 N–H and O–H groups in total. The molecule has 1 saturated heterocycles. The van der Waals surface area contributed by atoms with E-state index in [2.05, 4.69) is 9.88 Å². The summed E-state index contributed by atoms with van der Waals surface area (Å²) in [4.78, 5) is 18.1. The van der Waals surface area contributed by atoms with E-state index in [-0.39, 0.29) is 5.91 Å². The Morgan fingerprint density at radius 2 is 2.21 bits per heavy atom. The smallest absolute Gasteiger partial charge is 0.224 e. The number of nitrogens with zero attached hydrogens (tertiary/aromatic N) is 2. The van der Waals surface area contributed by atoms with Crippen LogP contribution in [-0.2, 0) is 11.3 Å². The van der Waals surface area contributed by atoms with Crippen molar-refractivity contribution in [3.05, 3.63) is 23.0 Å². The highest BCUT2D eigenvalue weighted by Gasteiger charge is 2.38. The highest BCUT2D eigenvalue weighted by atomic mass is 16.1. The molecule has 0 spiro atoms. The second-order valence-electron chi connectivity index (χ2n) is 5.81. The number of hydrogen-bond donors (Lipinski definition) is 2. The summed E-state index contributed by atoms with van der Waals surface area (Å²) >= 11 is 0. The second-order valence-corrected chi connectivity index (χ2v) is 5.81. The van der Waals surface area contributed by atoms with E-state index in [0.29, 0.717) is 6.54 Å². The van der Waals surface area contributed by atoms with E-state index in [1.165, 1.54) is 0 Å². The normalized spacial score (nSPS) is 23.7. The maximum Gasteiger partial charge on any atom is 0.224 e. The molecular formula is C14H22N4O. The minimum atomic E-state index is -0.413. The topological polar surface area (TPSA) is 85.2 Å². The van der Waals surface area contributed by atoms with E-state index in [4.69, 9.17) is 11.5 Å². The third-order valence-corrected chi connectivity index (χ3v) is 4.20. The first kappa shape index (κ1) is 13.8. The number of nitrogen functional groups attached to an aromatic ring is 1. The Kier molecular flexibility index (Phi) is 3.49. The molecule has 2 rings (SSSR count).